The van der Waals surface area contributed by atoms with Crippen LogP contribution in [0, 0.1) is 11.8 Å². The quantitative estimate of drug-likeness (QED) is 0.0580. The number of nitrogens with two attached hydrogens (primary N) is 3. The molecule has 0 aromatic heterocycles. The number of amides is 9. The van der Waals surface area contributed by atoms with E-state index in [-0.39, 0.29) is 89.4 Å². The van der Waals surface area contributed by atoms with Crippen LogP contribution in [-0.2, 0) is 49.6 Å². The number of nitrogens with one attached hydrogen (secondary N) is 9. The molecule has 9 amide bonds. The van der Waals surface area contributed by atoms with E-state index in [1.807, 2.05) is 27.7 Å². The lowest BCUT2D eigenvalue weighted by Crippen LogP contribution is -2.60. The van der Waals surface area contributed by atoms with Gasteiger partial charge in [0, 0.05) is 13.0 Å². The van der Waals surface area contributed by atoms with Gasteiger partial charge < -0.3 is 70.2 Å². The molecule has 0 radical (unpaired) electrons. The van der Waals surface area contributed by atoms with Gasteiger partial charge in [-0.25, -0.2) is 0 Å². The summed E-state index contributed by atoms with van der Waals surface area (Å²) in [6.45, 7) is 10.4. The van der Waals surface area contributed by atoms with Crippen LogP contribution in [0.5, 0.6) is 0 Å². The Hall–Kier alpha value is -5.71. The summed E-state index contributed by atoms with van der Waals surface area (Å²) in [4.78, 5) is 125. The van der Waals surface area contributed by atoms with E-state index in [1.165, 1.54) is 6.92 Å². The SMILES string of the molecule is CCCCCCC[C@@H](O)CC(=O)N[C@H](CCN)C(=O)N[C@H]1CCNC(=O)[C@H](CC(C)C)NC(=O)[C@H](CCN)NC(=O)[C@H](CCN)NC(=O)[C@H](CC(C)C)NC(=O)[C@@H](Cc2ccccc2)NC(=O)[C@H](C)NC1=O. The Morgan fingerprint density at radius 2 is 1.15 bits per heavy atom. The van der Waals surface area contributed by atoms with E-state index in [0.717, 1.165) is 32.1 Å². The Labute approximate surface area is 425 Å². The summed E-state index contributed by atoms with van der Waals surface area (Å²) >= 11 is 0. The third kappa shape index (κ3) is 23.7. The molecule has 22 nitrogen and oxygen atoms in total. The second kappa shape index (κ2) is 33.8. The molecule has 1 aliphatic rings. The highest BCUT2D eigenvalue weighted by molar-refractivity contribution is 5.98. The molecule has 0 saturated carbocycles. The highest BCUT2D eigenvalue weighted by Crippen LogP contribution is 2.13. The van der Waals surface area contributed by atoms with Crippen LogP contribution in [0.1, 0.15) is 131 Å². The smallest absolute Gasteiger partial charge is 0.243 e. The highest BCUT2D eigenvalue weighted by Gasteiger charge is 2.35. The highest BCUT2D eigenvalue weighted by atomic mass is 16.3. The number of rotatable bonds is 23. The van der Waals surface area contributed by atoms with Gasteiger partial charge in [0.1, 0.15) is 48.3 Å². The van der Waals surface area contributed by atoms with Gasteiger partial charge in [-0.2, -0.15) is 0 Å². The lowest BCUT2D eigenvalue weighted by molar-refractivity contribution is -0.136. The van der Waals surface area contributed by atoms with E-state index in [1.54, 1.807) is 30.3 Å². The van der Waals surface area contributed by atoms with Gasteiger partial charge in [0.25, 0.3) is 0 Å². The summed E-state index contributed by atoms with van der Waals surface area (Å²) in [5.74, 6) is -6.91. The standard InChI is InChI=1S/C50H86N12O10/c1-7-8-9-10-14-17-34(63)29-42(64)56-35(18-22-51)46(68)59-38-21-25-54-44(66)39(26-30(2)3)61-48(70)37(20-24-53)57-47(69)36(19-23-52)58-49(71)40(27-31(4)5)62-50(72)41(28-33-15-12-11-13-16-33)60-43(65)32(6)55-45(38)67/h11-13,15-16,30-32,34-41,63H,7-10,14,17-29,51-53H2,1-6H3,(H,54,66)(H,55,67)(H,56,64)(H,57,69)(H,58,71)(H,59,68)(H,60,65)(H,61,70)(H,62,72)/t32-,34+,35+,36-,37-,38-,39-,40-,41+/m0/s1. The first-order valence-electron chi connectivity index (χ1n) is 25.7. The number of aliphatic hydroxyl groups excluding tert-OH is 1. The summed E-state index contributed by atoms with van der Waals surface area (Å²) in [6.07, 6.45) is 3.89. The minimum Gasteiger partial charge on any atom is -0.393 e. The van der Waals surface area contributed by atoms with Gasteiger partial charge >= 0.3 is 0 Å². The fourth-order valence-corrected chi connectivity index (χ4v) is 8.09. The number of benzene rings is 1. The van der Waals surface area contributed by atoms with Crippen LogP contribution < -0.4 is 65.1 Å². The lowest BCUT2D eigenvalue weighted by atomic mass is 10.00. The maximum Gasteiger partial charge on any atom is 0.243 e. The van der Waals surface area contributed by atoms with Gasteiger partial charge in [-0.05, 0) is 88.9 Å². The minimum absolute atomic E-state index is 0.0294. The normalized spacial score (nSPS) is 23.3. The Bertz CT molecular complexity index is 1890. The van der Waals surface area contributed by atoms with Crippen molar-refractivity contribution < 1.29 is 48.3 Å². The van der Waals surface area contributed by atoms with E-state index < -0.39 is 108 Å². The predicted octanol–water partition coefficient (Wildman–Crippen LogP) is -1.10. The minimum atomic E-state index is -1.43. The second-order valence-corrected chi connectivity index (χ2v) is 19.5. The number of carbonyl (C=O) groups is 9. The number of carbonyl (C=O) groups excluding carboxylic acids is 9. The number of aliphatic hydroxyl groups is 1. The monoisotopic (exact) mass is 1010 g/mol. The van der Waals surface area contributed by atoms with E-state index in [4.69, 9.17) is 17.2 Å². The summed E-state index contributed by atoms with van der Waals surface area (Å²) in [5.41, 5.74) is 18.2. The Morgan fingerprint density at radius 3 is 1.69 bits per heavy atom. The molecule has 72 heavy (non-hydrogen) atoms. The summed E-state index contributed by atoms with van der Waals surface area (Å²) in [7, 11) is 0. The average Bonchev–Trinajstić information content (AvgIpc) is 3.31. The average molecular weight is 1020 g/mol. The first-order chi connectivity index (χ1) is 34.2. The van der Waals surface area contributed by atoms with E-state index >= 15 is 0 Å². The molecule has 1 aromatic carbocycles. The maximum atomic E-state index is 14.2. The molecule has 22 heteroatoms. The Morgan fingerprint density at radius 1 is 0.639 bits per heavy atom. The number of hydrogen-bond donors (Lipinski definition) is 13. The van der Waals surface area contributed by atoms with Crippen LogP contribution in [0.25, 0.3) is 0 Å². The van der Waals surface area contributed by atoms with Gasteiger partial charge in [-0.1, -0.05) is 97.1 Å². The molecule has 2 rings (SSSR count). The zero-order valence-electron chi connectivity index (χ0n) is 43.3. The van der Waals surface area contributed by atoms with Crippen LogP contribution in [-0.4, -0.2) is 139 Å². The second-order valence-electron chi connectivity index (χ2n) is 19.5. The molecule has 16 N–H and O–H groups in total. The summed E-state index contributed by atoms with van der Waals surface area (Å²) in [5, 5.41) is 34.6. The van der Waals surface area contributed by atoms with Crippen molar-refractivity contribution >= 4 is 53.2 Å². The topological polar surface area (TPSA) is 360 Å². The molecular weight excluding hydrogens is 929 g/mol. The zero-order valence-corrected chi connectivity index (χ0v) is 43.3. The molecule has 406 valence electrons. The third-order valence-electron chi connectivity index (χ3n) is 12.1. The van der Waals surface area contributed by atoms with Crippen LogP contribution >= 0.6 is 0 Å². The van der Waals surface area contributed by atoms with Crippen molar-refractivity contribution in [3.8, 4) is 0 Å². The maximum absolute atomic E-state index is 14.2. The first kappa shape index (κ1) is 62.4. The van der Waals surface area contributed by atoms with Crippen molar-refractivity contribution in [3.63, 3.8) is 0 Å². The Balaban J connectivity index is 2.61. The molecule has 1 saturated heterocycles. The fraction of sp³-hybridized carbons (Fsp3) is 0.700. The van der Waals surface area contributed by atoms with Gasteiger partial charge in [0.15, 0.2) is 0 Å². The van der Waals surface area contributed by atoms with Crippen molar-refractivity contribution in [2.24, 2.45) is 29.0 Å². The van der Waals surface area contributed by atoms with E-state index in [2.05, 4.69) is 54.8 Å². The number of unbranched alkanes of at least 4 members (excludes halogenated alkanes) is 4. The summed E-state index contributed by atoms with van der Waals surface area (Å²) < 4.78 is 0. The van der Waals surface area contributed by atoms with Crippen LogP contribution in [0.15, 0.2) is 30.3 Å². The fourth-order valence-electron chi connectivity index (χ4n) is 8.09. The first-order valence-corrected chi connectivity index (χ1v) is 25.7. The molecule has 1 aromatic rings. The van der Waals surface area contributed by atoms with Crippen LogP contribution in [0.4, 0.5) is 0 Å². The predicted molar refractivity (Wildman–Crippen MR) is 273 cm³/mol. The van der Waals surface area contributed by atoms with Gasteiger partial charge in [-0.15, -0.1) is 0 Å². The van der Waals surface area contributed by atoms with Crippen molar-refractivity contribution in [3.05, 3.63) is 35.9 Å². The van der Waals surface area contributed by atoms with E-state index in [0.29, 0.717) is 12.0 Å². The van der Waals surface area contributed by atoms with Crippen molar-refractivity contribution in [1.29, 1.82) is 0 Å². The molecule has 1 aliphatic heterocycles. The molecule has 1 fully saturated rings. The molecule has 9 atom stereocenters. The number of hydrogen-bond acceptors (Lipinski definition) is 13. The van der Waals surface area contributed by atoms with Gasteiger partial charge in [0.05, 0.1) is 12.5 Å². The van der Waals surface area contributed by atoms with E-state index in [9.17, 15) is 48.3 Å². The van der Waals surface area contributed by atoms with Crippen molar-refractivity contribution in [2.45, 2.75) is 186 Å². The molecule has 1 heterocycles. The Kier molecular flexibility index (Phi) is 29.3. The third-order valence-corrected chi connectivity index (χ3v) is 12.1. The van der Waals surface area contributed by atoms with Gasteiger partial charge in [-0.3, -0.25) is 43.2 Å². The summed E-state index contributed by atoms with van der Waals surface area (Å²) in [6, 6.07) is -1.33. The van der Waals surface area contributed by atoms with Crippen molar-refractivity contribution in [1.82, 2.24) is 47.9 Å². The molecular formula is C50H86N12O10. The lowest BCUT2D eigenvalue weighted by Gasteiger charge is -2.28. The molecule has 0 bridgehead atoms. The van der Waals surface area contributed by atoms with Crippen LogP contribution in [0.3, 0.4) is 0 Å². The zero-order chi connectivity index (χ0) is 53.8. The van der Waals surface area contributed by atoms with Crippen molar-refractivity contribution in [2.75, 3.05) is 26.2 Å². The molecule has 0 aliphatic carbocycles. The largest absolute Gasteiger partial charge is 0.393 e. The van der Waals surface area contributed by atoms with Gasteiger partial charge in [0.2, 0.25) is 53.2 Å². The molecule has 0 unspecified atom stereocenters. The molecule has 0 spiro atoms. The van der Waals surface area contributed by atoms with Crippen LogP contribution in [0.2, 0.25) is 0 Å².